The molecule has 0 saturated heterocycles. The molecule has 7 rings (SSSR count). The van der Waals surface area contributed by atoms with Crippen molar-refractivity contribution < 1.29 is 19.1 Å². The van der Waals surface area contributed by atoms with Gasteiger partial charge in [-0.15, -0.1) is 0 Å². The highest BCUT2D eigenvalue weighted by Gasteiger charge is 2.56. The van der Waals surface area contributed by atoms with Crippen molar-refractivity contribution >= 4 is 11.7 Å². The SMILES string of the molecule is Cc1c(OCc2cnco2)ccc2c1CCN(CC(O)CNC(=O)c1ccnc(NC34CC(C3)C4)c1)C2. The van der Waals surface area contributed by atoms with Gasteiger partial charge in [-0.1, -0.05) is 6.07 Å². The van der Waals surface area contributed by atoms with E-state index in [-0.39, 0.29) is 18.0 Å². The lowest BCUT2D eigenvalue weighted by atomic mass is 9.50. The molecule has 3 heterocycles. The molecule has 9 heteroatoms. The summed E-state index contributed by atoms with van der Waals surface area (Å²) in [4.78, 5) is 23.2. The highest BCUT2D eigenvalue weighted by Crippen LogP contribution is 2.58. The highest BCUT2D eigenvalue weighted by atomic mass is 16.5. The van der Waals surface area contributed by atoms with Crippen LogP contribution in [0.2, 0.25) is 0 Å². The van der Waals surface area contributed by atoms with Gasteiger partial charge in [0.2, 0.25) is 0 Å². The van der Waals surface area contributed by atoms with E-state index < -0.39 is 6.10 Å². The number of carbonyl (C=O) groups is 1. The zero-order valence-electron chi connectivity index (χ0n) is 21.1. The first-order valence-electron chi connectivity index (χ1n) is 13.0. The van der Waals surface area contributed by atoms with Crippen LogP contribution in [-0.4, -0.2) is 57.2 Å². The first-order chi connectivity index (χ1) is 18.0. The molecular weight excluding hydrogens is 470 g/mol. The van der Waals surface area contributed by atoms with E-state index in [1.165, 1.54) is 36.8 Å². The molecule has 1 amide bonds. The van der Waals surface area contributed by atoms with Crippen LogP contribution in [0.1, 0.15) is 52.1 Å². The first kappa shape index (κ1) is 23.9. The van der Waals surface area contributed by atoms with Crippen molar-refractivity contribution in [2.24, 2.45) is 5.92 Å². The summed E-state index contributed by atoms with van der Waals surface area (Å²) < 4.78 is 11.2. The Hall–Kier alpha value is -3.43. The van der Waals surface area contributed by atoms with Gasteiger partial charge in [0, 0.05) is 43.5 Å². The average Bonchev–Trinajstić information content (AvgIpc) is 3.37. The Balaban J connectivity index is 0.984. The predicted octanol–water partition coefficient (Wildman–Crippen LogP) is 3.07. The molecule has 0 radical (unpaired) electrons. The normalized spacial score (nSPS) is 22.8. The molecular formula is C28H33N5O4. The minimum absolute atomic E-state index is 0.195. The second-order valence-electron chi connectivity index (χ2n) is 10.7. The number of amides is 1. The molecule has 3 N–H and O–H groups in total. The Kier molecular flexibility index (Phi) is 6.34. The quantitative estimate of drug-likeness (QED) is 0.387. The van der Waals surface area contributed by atoms with E-state index >= 15 is 0 Å². The topological polar surface area (TPSA) is 113 Å². The molecule has 3 saturated carbocycles. The molecule has 1 aliphatic heterocycles. The average molecular weight is 504 g/mol. The summed E-state index contributed by atoms with van der Waals surface area (Å²) in [6.07, 6.45) is 8.56. The summed E-state index contributed by atoms with van der Waals surface area (Å²) in [5.41, 5.74) is 4.45. The number of anilines is 1. The number of benzene rings is 1. The Bertz CT molecular complexity index is 1260. The predicted molar refractivity (Wildman–Crippen MR) is 137 cm³/mol. The van der Waals surface area contributed by atoms with Gasteiger partial charge in [0.1, 0.15) is 18.2 Å². The van der Waals surface area contributed by atoms with Gasteiger partial charge in [0.05, 0.1) is 12.3 Å². The fourth-order valence-corrected chi connectivity index (χ4v) is 5.87. The third-order valence-corrected chi connectivity index (χ3v) is 7.99. The Labute approximate surface area is 216 Å². The second kappa shape index (κ2) is 9.79. The number of nitrogens with zero attached hydrogens (tertiary/aromatic N) is 3. The zero-order chi connectivity index (χ0) is 25.4. The largest absolute Gasteiger partial charge is 0.485 e. The molecule has 1 atom stereocenters. The van der Waals surface area contributed by atoms with Crippen molar-refractivity contribution in [1.82, 2.24) is 20.2 Å². The second-order valence-corrected chi connectivity index (χ2v) is 10.7. The fourth-order valence-electron chi connectivity index (χ4n) is 5.87. The number of hydrogen-bond donors (Lipinski definition) is 3. The number of carbonyl (C=O) groups excluding carboxylic acids is 1. The minimum Gasteiger partial charge on any atom is -0.485 e. The fraction of sp³-hybridized carbons (Fsp3) is 0.464. The molecule has 0 spiro atoms. The summed E-state index contributed by atoms with van der Waals surface area (Å²) in [5.74, 6) is 2.97. The van der Waals surface area contributed by atoms with Crippen molar-refractivity contribution in [3.63, 3.8) is 0 Å². The van der Waals surface area contributed by atoms with Crippen LogP contribution in [0, 0.1) is 12.8 Å². The van der Waals surface area contributed by atoms with Gasteiger partial charge in [-0.05, 0) is 73.4 Å². The van der Waals surface area contributed by atoms with Crippen LogP contribution in [0.25, 0.3) is 0 Å². The number of hydrogen-bond acceptors (Lipinski definition) is 8. The van der Waals surface area contributed by atoms with Crippen LogP contribution in [0.3, 0.4) is 0 Å². The molecule has 1 aromatic carbocycles. The Morgan fingerprint density at radius 2 is 2.19 bits per heavy atom. The van der Waals surface area contributed by atoms with Crippen molar-refractivity contribution in [3.05, 3.63) is 71.1 Å². The molecule has 3 fully saturated rings. The van der Waals surface area contributed by atoms with Gasteiger partial charge < -0.3 is 24.9 Å². The van der Waals surface area contributed by atoms with Gasteiger partial charge in [-0.2, -0.15) is 0 Å². The van der Waals surface area contributed by atoms with Crippen molar-refractivity contribution in [1.29, 1.82) is 0 Å². The number of rotatable bonds is 10. The lowest BCUT2D eigenvalue weighted by Crippen LogP contribution is -2.63. The van der Waals surface area contributed by atoms with E-state index in [1.807, 2.05) is 6.07 Å². The van der Waals surface area contributed by atoms with Gasteiger partial charge >= 0.3 is 0 Å². The van der Waals surface area contributed by atoms with Gasteiger partial charge in [0.25, 0.3) is 5.91 Å². The van der Waals surface area contributed by atoms with Gasteiger partial charge in [-0.25, -0.2) is 9.97 Å². The van der Waals surface area contributed by atoms with E-state index in [9.17, 15) is 9.90 Å². The summed E-state index contributed by atoms with van der Waals surface area (Å²) >= 11 is 0. The highest BCUT2D eigenvalue weighted by molar-refractivity contribution is 5.94. The van der Waals surface area contributed by atoms with E-state index in [0.717, 1.165) is 42.6 Å². The van der Waals surface area contributed by atoms with Gasteiger partial charge in [0.15, 0.2) is 12.2 Å². The number of ether oxygens (including phenoxy) is 1. The van der Waals surface area contributed by atoms with E-state index in [4.69, 9.17) is 9.15 Å². The smallest absolute Gasteiger partial charge is 0.251 e. The number of fused-ring (bicyclic) bond motifs is 1. The number of aliphatic hydroxyl groups excluding tert-OH is 1. The van der Waals surface area contributed by atoms with Crippen LogP contribution in [0.4, 0.5) is 5.82 Å². The van der Waals surface area contributed by atoms with E-state index in [2.05, 4.69) is 38.5 Å². The maximum atomic E-state index is 12.7. The third kappa shape index (κ3) is 5.06. The Morgan fingerprint density at radius 3 is 2.95 bits per heavy atom. The molecule has 37 heavy (non-hydrogen) atoms. The van der Waals surface area contributed by atoms with E-state index in [0.29, 0.717) is 24.5 Å². The van der Waals surface area contributed by atoms with Crippen LogP contribution in [-0.2, 0) is 19.6 Å². The third-order valence-electron chi connectivity index (χ3n) is 7.99. The first-order valence-corrected chi connectivity index (χ1v) is 13.0. The van der Waals surface area contributed by atoms with Crippen LogP contribution >= 0.6 is 0 Å². The number of pyridine rings is 1. The molecule has 1 unspecified atom stereocenters. The molecule has 2 bridgehead atoms. The molecule has 3 aliphatic carbocycles. The monoisotopic (exact) mass is 503 g/mol. The number of aliphatic hydroxyl groups is 1. The zero-order valence-corrected chi connectivity index (χ0v) is 21.1. The number of oxazole rings is 1. The van der Waals surface area contributed by atoms with Crippen molar-refractivity contribution in [2.75, 3.05) is 25.0 Å². The number of β-amino-alcohol motifs (C(OH)–C–C–N with tert-alkyl or cyclic N) is 1. The summed E-state index contributed by atoms with van der Waals surface area (Å²) in [5, 5.41) is 17.0. The molecule has 3 aromatic rings. The van der Waals surface area contributed by atoms with Crippen LogP contribution < -0.4 is 15.4 Å². The van der Waals surface area contributed by atoms with Gasteiger partial charge in [-0.3, -0.25) is 9.69 Å². The lowest BCUT2D eigenvalue weighted by Gasteiger charge is -2.62. The molecule has 9 nitrogen and oxygen atoms in total. The summed E-state index contributed by atoms with van der Waals surface area (Å²) in [6.45, 7) is 4.73. The van der Waals surface area contributed by atoms with E-state index in [1.54, 1.807) is 24.5 Å². The minimum atomic E-state index is -0.656. The standard InChI is InChI=1S/C28H33N5O4/c1-18-24-5-7-33(14-21(24)2-3-25(18)36-16-23-13-29-17-37-23)15-22(34)12-31-27(35)20-4-6-30-26(8-20)32-28-9-19(10-28)11-28/h2-4,6,8,13,17,19,22,34H,5,7,9-12,14-16H2,1H3,(H,30,32)(H,31,35). The lowest BCUT2D eigenvalue weighted by molar-refractivity contribution is 0.00180. The number of aromatic nitrogens is 2. The summed E-state index contributed by atoms with van der Waals surface area (Å²) in [6, 6.07) is 7.61. The number of nitrogens with one attached hydrogen (secondary N) is 2. The molecule has 2 aromatic heterocycles. The maximum Gasteiger partial charge on any atom is 0.251 e. The van der Waals surface area contributed by atoms with Crippen molar-refractivity contribution in [3.8, 4) is 5.75 Å². The maximum absolute atomic E-state index is 12.7. The van der Waals surface area contributed by atoms with Crippen molar-refractivity contribution in [2.45, 2.75) is 57.4 Å². The van der Waals surface area contributed by atoms with Crippen LogP contribution in [0.5, 0.6) is 5.75 Å². The molecule has 4 aliphatic rings. The Morgan fingerprint density at radius 1 is 1.32 bits per heavy atom. The van der Waals surface area contributed by atoms with Crippen LogP contribution in [0.15, 0.2) is 47.5 Å². The molecule has 194 valence electrons. The summed E-state index contributed by atoms with van der Waals surface area (Å²) in [7, 11) is 0.